The van der Waals surface area contributed by atoms with E-state index in [9.17, 15) is 13.6 Å². The van der Waals surface area contributed by atoms with Crippen molar-refractivity contribution in [2.75, 3.05) is 13.1 Å². The highest BCUT2D eigenvalue weighted by atomic mass is 19.3. The molecule has 36 heavy (non-hydrogen) atoms. The van der Waals surface area contributed by atoms with Gasteiger partial charge < -0.3 is 23.6 Å². The summed E-state index contributed by atoms with van der Waals surface area (Å²) in [7, 11) is 0. The van der Waals surface area contributed by atoms with E-state index in [-0.39, 0.29) is 17.9 Å². The summed E-state index contributed by atoms with van der Waals surface area (Å²) < 4.78 is 48.4. The van der Waals surface area contributed by atoms with Crippen LogP contribution in [-0.2, 0) is 16.1 Å². The predicted molar refractivity (Wildman–Crippen MR) is 128 cm³/mol. The molecule has 0 radical (unpaired) electrons. The van der Waals surface area contributed by atoms with Gasteiger partial charge in [0.1, 0.15) is 22.8 Å². The minimum absolute atomic E-state index is 0.0483. The summed E-state index contributed by atoms with van der Waals surface area (Å²) in [6.07, 6.45) is 4.61. The van der Waals surface area contributed by atoms with Gasteiger partial charge in [0, 0.05) is 30.1 Å². The summed E-state index contributed by atoms with van der Waals surface area (Å²) in [6, 6.07) is 6.64. The first-order chi connectivity index (χ1) is 17.2. The molecule has 1 aromatic heterocycles. The van der Waals surface area contributed by atoms with Gasteiger partial charge in [-0.1, -0.05) is 17.3 Å². The molecule has 1 aliphatic heterocycles. The second-order valence-corrected chi connectivity index (χ2v) is 11.2. The molecule has 0 spiro atoms. The largest absolute Gasteiger partial charge is 0.444 e. The summed E-state index contributed by atoms with van der Waals surface area (Å²) in [6.45, 7) is 4.42. The number of fused-ring (bicyclic) bond motifs is 1. The van der Waals surface area contributed by atoms with Gasteiger partial charge in [-0.15, -0.1) is 0 Å². The Hall–Kier alpha value is -2.68. The number of likely N-dealkylation sites (tertiary alicyclic amines) is 1. The predicted octanol–water partition coefficient (Wildman–Crippen LogP) is 6.37. The number of aromatic nitrogens is 1. The molecule has 2 saturated carbocycles. The molecule has 3 atom stereocenters. The Labute approximate surface area is 210 Å². The van der Waals surface area contributed by atoms with Gasteiger partial charge in [-0.05, 0) is 76.8 Å². The second-order valence-electron chi connectivity index (χ2n) is 11.2. The zero-order valence-corrected chi connectivity index (χ0v) is 21.0. The fourth-order valence-corrected chi connectivity index (χ4v) is 5.42. The SMILES string of the molecule is CC(C)(C)OC(=O)N1C[C@H]2CC[C@H](OCc3c(-c4ccccc4OC(F)F)noc3C3CC3)C[C@H]2C1. The summed E-state index contributed by atoms with van der Waals surface area (Å²) >= 11 is 0. The molecule has 3 aliphatic rings. The van der Waals surface area contributed by atoms with Crippen LogP contribution in [0.4, 0.5) is 13.6 Å². The molecule has 196 valence electrons. The van der Waals surface area contributed by atoms with Gasteiger partial charge in [0.2, 0.25) is 0 Å². The number of ether oxygens (including phenoxy) is 3. The van der Waals surface area contributed by atoms with Gasteiger partial charge >= 0.3 is 12.7 Å². The molecule has 3 fully saturated rings. The van der Waals surface area contributed by atoms with Crippen LogP contribution in [0.5, 0.6) is 5.75 Å². The van der Waals surface area contributed by atoms with E-state index in [0.29, 0.717) is 42.2 Å². The monoisotopic (exact) mass is 504 g/mol. The number of rotatable bonds is 7. The van der Waals surface area contributed by atoms with Crippen molar-refractivity contribution in [3.63, 3.8) is 0 Å². The standard InChI is InChI=1S/C27H34F2N2O5/c1-27(2,3)35-26(32)31-13-17-10-11-19(12-18(17)14-31)33-15-21-23(30-36-24(21)16-8-9-16)20-6-4-5-7-22(20)34-25(28)29/h4-7,16-19,25H,8-15H2,1-3H3/t17-,18+,19+/m1/s1. The van der Waals surface area contributed by atoms with Crippen LogP contribution in [-0.4, -0.2) is 47.6 Å². The number of para-hydroxylation sites is 1. The topological polar surface area (TPSA) is 74.0 Å². The molecule has 0 N–H and O–H groups in total. The Morgan fingerprint density at radius 2 is 1.89 bits per heavy atom. The normalized spacial score (nSPS) is 24.2. The highest BCUT2D eigenvalue weighted by Crippen LogP contribution is 2.46. The van der Waals surface area contributed by atoms with E-state index in [1.54, 1.807) is 18.2 Å². The van der Waals surface area contributed by atoms with Crippen LogP contribution in [0.3, 0.4) is 0 Å². The maximum atomic E-state index is 13.0. The lowest BCUT2D eigenvalue weighted by atomic mass is 9.80. The van der Waals surface area contributed by atoms with Gasteiger partial charge in [0.15, 0.2) is 0 Å². The Morgan fingerprint density at radius 1 is 1.14 bits per heavy atom. The van der Waals surface area contributed by atoms with Crippen molar-refractivity contribution < 1.29 is 32.3 Å². The summed E-state index contributed by atoms with van der Waals surface area (Å²) in [4.78, 5) is 14.4. The zero-order chi connectivity index (χ0) is 25.4. The average molecular weight is 505 g/mol. The van der Waals surface area contributed by atoms with E-state index >= 15 is 0 Å². The molecule has 5 rings (SSSR count). The number of alkyl halides is 2. The van der Waals surface area contributed by atoms with Crippen LogP contribution in [0.2, 0.25) is 0 Å². The Bertz CT molecular complexity index is 1080. The first-order valence-electron chi connectivity index (χ1n) is 12.8. The van der Waals surface area contributed by atoms with Gasteiger partial charge in [0.05, 0.1) is 12.7 Å². The fraction of sp³-hybridized carbons (Fsp3) is 0.630. The summed E-state index contributed by atoms with van der Waals surface area (Å²) in [5, 5.41) is 4.25. The highest BCUT2D eigenvalue weighted by Gasteiger charge is 2.41. The Balaban J connectivity index is 1.26. The first-order valence-corrected chi connectivity index (χ1v) is 12.8. The molecular weight excluding hydrogens is 470 g/mol. The molecule has 9 heteroatoms. The van der Waals surface area contributed by atoms with E-state index in [2.05, 4.69) is 5.16 Å². The number of benzene rings is 1. The lowest BCUT2D eigenvalue weighted by Crippen LogP contribution is -2.35. The summed E-state index contributed by atoms with van der Waals surface area (Å²) in [5.41, 5.74) is 1.27. The van der Waals surface area contributed by atoms with Crippen molar-refractivity contribution in [3.05, 3.63) is 35.6 Å². The lowest BCUT2D eigenvalue weighted by Gasteiger charge is -2.30. The van der Waals surface area contributed by atoms with Gasteiger partial charge in [-0.3, -0.25) is 0 Å². The molecule has 1 aromatic carbocycles. The summed E-state index contributed by atoms with van der Waals surface area (Å²) in [5.74, 6) is 1.98. The zero-order valence-electron chi connectivity index (χ0n) is 21.0. The fourth-order valence-electron chi connectivity index (χ4n) is 5.42. The molecule has 0 bridgehead atoms. The van der Waals surface area contributed by atoms with E-state index in [1.807, 2.05) is 25.7 Å². The van der Waals surface area contributed by atoms with Crippen molar-refractivity contribution >= 4 is 6.09 Å². The van der Waals surface area contributed by atoms with Crippen LogP contribution in [0, 0.1) is 11.8 Å². The Kier molecular flexibility index (Phi) is 6.94. The first kappa shape index (κ1) is 25.0. The minimum atomic E-state index is -2.93. The third-order valence-electron chi connectivity index (χ3n) is 7.24. The number of hydrogen-bond donors (Lipinski definition) is 0. The number of halogens is 2. The lowest BCUT2D eigenvalue weighted by molar-refractivity contribution is -0.0494. The van der Waals surface area contributed by atoms with Crippen LogP contribution in [0.15, 0.2) is 28.8 Å². The number of nitrogens with zero attached hydrogens (tertiary/aromatic N) is 2. The number of hydrogen-bond acceptors (Lipinski definition) is 6. The molecule has 2 aromatic rings. The number of carbonyl (C=O) groups excluding carboxylic acids is 1. The van der Waals surface area contributed by atoms with Gasteiger partial charge in [-0.25, -0.2) is 4.79 Å². The molecule has 1 saturated heterocycles. The van der Waals surface area contributed by atoms with Crippen molar-refractivity contribution in [1.82, 2.24) is 10.1 Å². The van der Waals surface area contributed by atoms with Crippen molar-refractivity contribution in [2.24, 2.45) is 11.8 Å². The van der Waals surface area contributed by atoms with Crippen molar-refractivity contribution in [1.29, 1.82) is 0 Å². The van der Waals surface area contributed by atoms with Crippen LogP contribution in [0.25, 0.3) is 11.3 Å². The molecule has 2 heterocycles. The number of amides is 1. The van der Waals surface area contributed by atoms with Crippen molar-refractivity contribution in [2.45, 2.75) is 83.7 Å². The molecule has 7 nitrogen and oxygen atoms in total. The maximum absolute atomic E-state index is 13.0. The second kappa shape index (κ2) is 10.00. The van der Waals surface area contributed by atoms with Gasteiger partial charge in [-0.2, -0.15) is 8.78 Å². The van der Waals surface area contributed by atoms with Crippen LogP contribution >= 0.6 is 0 Å². The third kappa shape index (κ3) is 5.66. The minimum Gasteiger partial charge on any atom is -0.444 e. The van der Waals surface area contributed by atoms with E-state index in [4.69, 9.17) is 18.7 Å². The van der Waals surface area contributed by atoms with E-state index < -0.39 is 12.2 Å². The maximum Gasteiger partial charge on any atom is 0.410 e. The molecule has 0 unspecified atom stereocenters. The third-order valence-corrected chi connectivity index (χ3v) is 7.24. The number of carbonyl (C=O) groups is 1. The van der Waals surface area contributed by atoms with Crippen LogP contribution < -0.4 is 4.74 Å². The molecular formula is C27H34F2N2O5. The van der Waals surface area contributed by atoms with Crippen LogP contribution in [0.1, 0.15) is 70.1 Å². The molecule has 2 aliphatic carbocycles. The van der Waals surface area contributed by atoms with E-state index in [0.717, 1.165) is 50.0 Å². The quantitative estimate of drug-likeness (QED) is 0.436. The Morgan fingerprint density at radius 3 is 2.61 bits per heavy atom. The van der Waals surface area contributed by atoms with Gasteiger partial charge in [0.25, 0.3) is 0 Å². The average Bonchev–Trinajstić information content (AvgIpc) is 3.42. The molecule has 1 amide bonds. The highest BCUT2D eigenvalue weighted by molar-refractivity contribution is 5.70. The van der Waals surface area contributed by atoms with Crippen molar-refractivity contribution in [3.8, 4) is 17.0 Å². The van der Waals surface area contributed by atoms with E-state index in [1.165, 1.54) is 6.07 Å². The smallest absolute Gasteiger partial charge is 0.410 e.